The summed E-state index contributed by atoms with van der Waals surface area (Å²) in [5, 5.41) is 0. The molecular formula is C17H19BrFN. The number of hydrogen-bond acceptors (Lipinski definition) is 1. The topological polar surface area (TPSA) is 26.0 Å². The second-order valence-corrected chi connectivity index (χ2v) is 6.18. The molecule has 0 spiro atoms. The summed E-state index contributed by atoms with van der Waals surface area (Å²) in [6.07, 6.45) is 0. The van der Waals surface area contributed by atoms with Gasteiger partial charge in [-0.05, 0) is 89.1 Å². The average Bonchev–Trinajstić information content (AvgIpc) is 2.40. The molecule has 2 aromatic carbocycles. The number of benzene rings is 2. The van der Waals surface area contributed by atoms with Crippen LogP contribution >= 0.6 is 15.9 Å². The van der Waals surface area contributed by atoms with E-state index >= 15 is 0 Å². The Balaban J connectivity index is 2.58. The molecule has 0 aliphatic rings. The van der Waals surface area contributed by atoms with E-state index in [1.807, 2.05) is 6.07 Å². The van der Waals surface area contributed by atoms with Crippen molar-refractivity contribution in [1.29, 1.82) is 0 Å². The first-order valence-corrected chi connectivity index (χ1v) is 7.40. The molecule has 0 saturated carbocycles. The number of aryl methyl sites for hydroxylation is 2. The number of rotatable bonds is 2. The first-order valence-electron chi connectivity index (χ1n) is 6.60. The Morgan fingerprint density at radius 3 is 2.05 bits per heavy atom. The third kappa shape index (κ3) is 2.65. The predicted octanol–water partition coefficient (Wildman–Crippen LogP) is 4.87. The summed E-state index contributed by atoms with van der Waals surface area (Å²) in [5.74, 6) is -0.280. The van der Waals surface area contributed by atoms with Crippen LogP contribution in [0.25, 0.3) is 0 Å². The fourth-order valence-electron chi connectivity index (χ4n) is 2.59. The minimum absolute atomic E-state index is 0.280. The van der Waals surface area contributed by atoms with Crippen molar-refractivity contribution < 1.29 is 4.39 Å². The van der Waals surface area contributed by atoms with Gasteiger partial charge in [0, 0.05) is 0 Å². The molecule has 0 aliphatic carbocycles. The van der Waals surface area contributed by atoms with Gasteiger partial charge in [0.15, 0.2) is 0 Å². The zero-order valence-electron chi connectivity index (χ0n) is 12.2. The molecule has 0 aromatic heterocycles. The SMILES string of the molecule is Cc1cc(C)c(C)c(C(N)c2ccc(Br)c(F)c2)c1C. The van der Waals surface area contributed by atoms with Crippen molar-refractivity contribution in [2.75, 3.05) is 0 Å². The molecule has 2 N–H and O–H groups in total. The van der Waals surface area contributed by atoms with Crippen molar-refractivity contribution in [3.05, 3.63) is 67.9 Å². The molecule has 0 bridgehead atoms. The molecule has 2 rings (SSSR count). The van der Waals surface area contributed by atoms with Crippen LogP contribution in [0.3, 0.4) is 0 Å². The smallest absolute Gasteiger partial charge is 0.137 e. The van der Waals surface area contributed by atoms with Gasteiger partial charge in [0.1, 0.15) is 5.82 Å². The highest BCUT2D eigenvalue weighted by atomic mass is 79.9. The van der Waals surface area contributed by atoms with Crippen molar-refractivity contribution in [3.63, 3.8) is 0 Å². The van der Waals surface area contributed by atoms with E-state index in [-0.39, 0.29) is 11.9 Å². The zero-order chi connectivity index (χ0) is 15.0. The summed E-state index contributed by atoms with van der Waals surface area (Å²) < 4.78 is 14.2. The van der Waals surface area contributed by atoms with Crippen LogP contribution in [0.4, 0.5) is 4.39 Å². The Labute approximate surface area is 128 Å². The fourth-order valence-corrected chi connectivity index (χ4v) is 2.83. The van der Waals surface area contributed by atoms with Crippen LogP contribution in [-0.4, -0.2) is 0 Å². The summed E-state index contributed by atoms with van der Waals surface area (Å²) in [7, 11) is 0. The highest BCUT2D eigenvalue weighted by Crippen LogP contribution is 2.31. The molecule has 2 aromatic rings. The highest BCUT2D eigenvalue weighted by molar-refractivity contribution is 9.10. The summed E-state index contributed by atoms with van der Waals surface area (Å²) in [6.45, 7) is 8.32. The Hall–Kier alpha value is -1.19. The summed E-state index contributed by atoms with van der Waals surface area (Å²) in [4.78, 5) is 0. The van der Waals surface area contributed by atoms with Crippen molar-refractivity contribution >= 4 is 15.9 Å². The molecule has 1 unspecified atom stereocenters. The highest BCUT2D eigenvalue weighted by Gasteiger charge is 2.17. The molecule has 20 heavy (non-hydrogen) atoms. The largest absolute Gasteiger partial charge is 0.320 e. The van der Waals surface area contributed by atoms with Gasteiger partial charge in [0.2, 0.25) is 0 Å². The van der Waals surface area contributed by atoms with Crippen molar-refractivity contribution in [1.82, 2.24) is 0 Å². The molecule has 106 valence electrons. The Morgan fingerprint density at radius 2 is 1.55 bits per heavy atom. The minimum atomic E-state index is -0.309. The Morgan fingerprint density at radius 1 is 1.00 bits per heavy atom. The molecule has 0 aliphatic heterocycles. The Kier molecular flexibility index (Phi) is 4.31. The molecule has 0 saturated heterocycles. The minimum Gasteiger partial charge on any atom is -0.320 e. The first kappa shape index (κ1) is 15.2. The monoisotopic (exact) mass is 335 g/mol. The van der Waals surface area contributed by atoms with Crippen LogP contribution in [0.15, 0.2) is 28.7 Å². The molecule has 1 nitrogen and oxygen atoms in total. The lowest BCUT2D eigenvalue weighted by atomic mass is 9.87. The van der Waals surface area contributed by atoms with E-state index in [1.165, 1.54) is 28.3 Å². The molecule has 3 heteroatoms. The molecule has 1 atom stereocenters. The molecular weight excluding hydrogens is 317 g/mol. The summed E-state index contributed by atoms with van der Waals surface area (Å²) in [6, 6.07) is 6.94. The van der Waals surface area contributed by atoms with Crippen LogP contribution in [0.1, 0.15) is 39.4 Å². The lowest BCUT2D eigenvalue weighted by Gasteiger charge is -2.21. The van der Waals surface area contributed by atoms with Gasteiger partial charge in [0.05, 0.1) is 10.5 Å². The number of nitrogens with two attached hydrogens (primary N) is 1. The molecule has 0 radical (unpaired) electrons. The zero-order valence-corrected chi connectivity index (χ0v) is 13.8. The summed E-state index contributed by atoms with van der Waals surface area (Å²) in [5.41, 5.74) is 13.1. The van der Waals surface area contributed by atoms with Gasteiger partial charge >= 0.3 is 0 Å². The molecule has 0 amide bonds. The lowest BCUT2D eigenvalue weighted by molar-refractivity contribution is 0.616. The van der Waals surface area contributed by atoms with E-state index in [1.54, 1.807) is 6.07 Å². The average molecular weight is 336 g/mol. The van der Waals surface area contributed by atoms with Crippen LogP contribution in [-0.2, 0) is 0 Å². The van der Waals surface area contributed by atoms with Gasteiger partial charge in [-0.25, -0.2) is 4.39 Å². The van der Waals surface area contributed by atoms with Gasteiger partial charge in [-0.3, -0.25) is 0 Å². The standard InChI is InChI=1S/C17H19BrFN/c1-9-7-10(2)12(4)16(11(9)3)17(20)13-5-6-14(18)15(19)8-13/h5-8,17H,20H2,1-4H3. The predicted molar refractivity (Wildman–Crippen MR) is 85.5 cm³/mol. The van der Waals surface area contributed by atoms with Crippen LogP contribution < -0.4 is 5.73 Å². The van der Waals surface area contributed by atoms with E-state index in [9.17, 15) is 4.39 Å². The second-order valence-electron chi connectivity index (χ2n) is 5.33. The van der Waals surface area contributed by atoms with Crippen LogP contribution in [0.5, 0.6) is 0 Å². The van der Waals surface area contributed by atoms with E-state index in [2.05, 4.69) is 49.7 Å². The molecule has 0 fully saturated rings. The third-order valence-corrected chi connectivity index (χ3v) is 4.68. The van der Waals surface area contributed by atoms with Gasteiger partial charge in [-0.1, -0.05) is 12.1 Å². The van der Waals surface area contributed by atoms with E-state index in [4.69, 9.17) is 5.73 Å². The van der Waals surface area contributed by atoms with E-state index < -0.39 is 0 Å². The van der Waals surface area contributed by atoms with E-state index in [0.717, 1.165) is 11.1 Å². The van der Waals surface area contributed by atoms with Crippen LogP contribution in [0.2, 0.25) is 0 Å². The number of halogens is 2. The lowest BCUT2D eigenvalue weighted by Crippen LogP contribution is -2.16. The maximum Gasteiger partial charge on any atom is 0.137 e. The quantitative estimate of drug-likeness (QED) is 0.832. The first-order chi connectivity index (χ1) is 9.32. The Bertz CT molecular complexity index is 638. The van der Waals surface area contributed by atoms with Gasteiger partial charge < -0.3 is 5.73 Å². The van der Waals surface area contributed by atoms with Gasteiger partial charge in [0.25, 0.3) is 0 Å². The van der Waals surface area contributed by atoms with E-state index in [0.29, 0.717) is 4.47 Å². The van der Waals surface area contributed by atoms with Crippen LogP contribution in [0, 0.1) is 33.5 Å². The maximum atomic E-state index is 13.7. The van der Waals surface area contributed by atoms with Crippen molar-refractivity contribution in [3.8, 4) is 0 Å². The normalized spacial score (nSPS) is 12.6. The van der Waals surface area contributed by atoms with Crippen molar-refractivity contribution in [2.45, 2.75) is 33.7 Å². The summed E-state index contributed by atoms with van der Waals surface area (Å²) >= 11 is 3.17. The number of hydrogen-bond donors (Lipinski definition) is 1. The second kappa shape index (κ2) is 5.66. The van der Waals surface area contributed by atoms with Gasteiger partial charge in [-0.15, -0.1) is 0 Å². The van der Waals surface area contributed by atoms with Gasteiger partial charge in [-0.2, -0.15) is 0 Å². The molecule has 0 heterocycles. The third-order valence-electron chi connectivity index (χ3n) is 4.04. The maximum absolute atomic E-state index is 13.7. The fraction of sp³-hybridized carbons (Fsp3) is 0.294. The van der Waals surface area contributed by atoms with Crippen molar-refractivity contribution in [2.24, 2.45) is 5.73 Å².